The summed E-state index contributed by atoms with van der Waals surface area (Å²) in [6.45, 7) is 3.63. The lowest BCUT2D eigenvalue weighted by Gasteiger charge is -2.23. The van der Waals surface area contributed by atoms with Gasteiger partial charge in [0.15, 0.2) is 0 Å². The molecular weight excluding hydrogens is 348 g/mol. The zero-order chi connectivity index (χ0) is 17.7. The minimum atomic E-state index is -3.59. The number of halogens is 1. The van der Waals surface area contributed by atoms with Gasteiger partial charge in [0.05, 0.1) is 4.90 Å². The van der Waals surface area contributed by atoms with Gasteiger partial charge < -0.3 is 4.90 Å². The number of hydrogen-bond acceptors (Lipinski definition) is 3. The lowest BCUT2D eigenvalue weighted by atomic mass is 10.2. The molecular formula is C17H19ClN2O3S. The van der Waals surface area contributed by atoms with Gasteiger partial charge in [-0.1, -0.05) is 29.8 Å². The fraction of sp³-hybridized carbons (Fsp3) is 0.235. The summed E-state index contributed by atoms with van der Waals surface area (Å²) in [6.07, 6.45) is 0. The molecule has 0 aromatic heterocycles. The first-order valence-corrected chi connectivity index (χ1v) is 9.26. The average molecular weight is 367 g/mol. The average Bonchev–Trinajstić information content (AvgIpc) is 2.53. The van der Waals surface area contributed by atoms with Crippen LogP contribution < -0.4 is 9.62 Å². The molecule has 0 radical (unpaired) electrons. The molecule has 0 aliphatic heterocycles. The molecule has 2 aromatic rings. The second-order valence-electron chi connectivity index (χ2n) is 5.31. The van der Waals surface area contributed by atoms with E-state index in [1.807, 2.05) is 6.92 Å². The van der Waals surface area contributed by atoms with Crippen molar-refractivity contribution in [1.82, 2.24) is 4.72 Å². The third kappa shape index (κ3) is 4.56. The summed E-state index contributed by atoms with van der Waals surface area (Å²) in [6, 6.07) is 13.3. The Morgan fingerprint density at radius 1 is 1.17 bits per heavy atom. The quantitative estimate of drug-likeness (QED) is 0.854. The summed E-state index contributed by atoms with van der Waals surface area (Å²) in [5.41, 5.74) is 1.56. The second kappa shape index (κ2) is 7.79. The van der Waals surface area contributed by atoms with E-state index < -0.39 is 10.0 Å². The van der Waals surface area contributed by atoms with Crippen molar-refractivity contribution in [3.63, 3.8) is 0 Å². The number of sulfonamides is 1. The van der Waals surface area contributed by atoms with E-state index in [-0.39, 0.29) is 23.9 Å². The summed E-state index contributed by atoms with van der Waals surface area (Å²) < 4.78 is 26.9. The van der Waals surface area contributed by atoms with Crippen LogP contribution in [0.15, 0.2) is 53.4 Å². The van der Waals surface area contributed by atoms with E-state index in [1.54, 1.807) is 36.4 Å². The molecule has 0 bridgehead atoms. The van der Waals surface area contributed by atoms with Gasteiger partial charge in [0.2, 0.25) is 15.9 Å². The van der Waals surface area contributed by atoms with Gasteiger partial charge in [-0.3, -0.25) is 4.79 Å². The van der Waals surface area contributed by atoms with Gasteiger partial charge in [0.25, 0.3) is 0 Å². The number of rotatable bonds is 6. The van der Waals surface area contributed by atoms with Crippen molar-refractivity contribution in [3.05, 3.63) is 59.1 Å². The molecule has 0 atom stereocenters. The van der Waals surface area contributed by atoms with E-state index in [0.29, 0.717) is 10.7 Å². The zero-order valence-corrected chi connectivity index (χ0v) is 15.1. The highest BCUT2D eigenvalue weighted by Gasteiger charge is 2.17. The van der Waals surface area contributed by atoms with Gasteiger partial charge >= 0.3 is 0 Å². The Kier molecular flexibility index (Phi) is 5.99. The molecule has 7 heteroatoms. The van der Waals surface area contributed by atoms with Gasteiger partial charge in [0, 0.05) is 30.7 Å². The van der Waals surface area contributed by atoms with Crippen molar-refractivity contribution in [1.29, 1.82) is 0 Å². The Bertz CT molecular complexity index is 823. The molecule has 0 spiro atoms. The maximum Gasteiger partial charge on any atom is 0.240 e. The summed E-state index contributed by atoms with van der Waals surface area (Å²) in [7, 11) is -3.59. The fourth-order valence-electron chi connectivity index (χ4n) is 2.34. The second-order valence-corrected chi connectivity index (χ2v) is 7.52. The molecule has 1 amide bonds. The number of hydrogen-bond donors (Lipinski definition) is 1. The molecule has 5 nitrogen and oxygen atoms in total. The maximum absolute atomic E-state index is 12.2. The van der Waals surface area contributed by atoms with E-state index in [9.17, 15) is 13.2 Å². The van der Waals surface area contributed by atoms with Crippen LogP contribution in [0, 0.1) is 6.92 Å². The SMILES string of the molecule is CC(=O)N(CCNS(=O)(=O)c1ccccc1)c1ccc(Cl)cc1C. The van der Waals surface area contributed by atoms with Crippen LogP contribution in [0.3, 0.4) is 0 Å². The van der Waals surface area contributed by atoms with Crippen LogP contribution in [-0.4, -0.2) is 27.4 Å². The van der Waals surface area contributed by atoms with Crippen molar-refractivity contribution >= 4 is 33.2 Å². The van der Waals surface area contributed by atoms with Crippen LogP contribution in [-0.2, 0) is 14.8 Å². The molecule has 1 N–H and O–H groups in total. The van der Waals surface area contributed by atoms with Gasteiger partial charge in [-0.05, 0) is 42.8 Å². The Morgan fingerprint density at radius 2 is 1.83 bits per heavy atom. The van der Waals surface area contributed by atoms with Gasteiger partial charge in [-0.15, -0.1) is 0 Å². The Morgan fingerprint density at radius 3 is 2.42 bits per heavy atom. The van der Waals surface area contributed by atoms with Crippen molar-refractivity contribution < 1.29 is 13.2 Å². The number of benzene rings is 2. The fourth-order valence-corrected chi connectivity index (χ4v) is 3.61. The highest BCUT2D eigenvalue weighted by Crippen LogP contribution is 2.23. The largest absolute Gasteiger partial charge is 0.311 e. The number of nitrogens with zero attached hydrogens (tertiary/aromatic N) is 1. The highest BCUT2D eigenvalue weighted by atomic mass is 35.5. The normalized spacial score (nSPS) is 11.3. The summed E-state index contributed by atoms with van der Waals surface area (Å²) >= 11 is 5.94. The molecule has 0 unspecified atom stereocenters. The van der Waals surface area contributed by atoms with E-state index in [4.69, 9.17) is 11.6 Å². The predicted octanol–water partition coefficient (Wildman–Crippen LogP) is 2.98. The van der Waals surface area contributed by atoms with Crippen molar-refractivity contribution in [2.75, 3.05) is 18.0 Å². The highest BCUT2D eigenvalue weighted by molar-refractivity contribution is 7.89. The number of anilines is 1. The van der Waals surface area contributed by atoms with Crippen LogP contribution in [0.4, 0.5) is 5.69 Å². The molecule has 0 aliphatic carbocycles. The Hall–Kier alpha value is -1.89. The third-order valence-electron chi connectivity index (χ3n) is 3.51. The van der Waals surface area contributed by atoms with Gasteiger partial charge in [-0.2, -0.15) is 0 Å². The molecule has 0 saturated heterocycles. The number of carbonyl (C=O) groups is 1. The molecule has 24 heavy (non-hydrogen) atoms. The smallest absolute Gasteiger partial charge is 0.240 e. The van der Waals surface area contributed by atoms with Crippen LogP contribution in [0.5, 0.6) is 0 Å². The lowest BCUT2D eigenvalue weighted by Crippen LogP contribution is -2.37. The molecule has 128 valence electrons. The molecule has 2 rings (SSSR count). The van der Waals surface area contributed by atoms with Crippen LogP contribution in [0.25, 0.3) is 0 Å². The first-order valence-electron chi connectivity index (χ1n) is 7.40. The number of aryl methyl sites for hydroxylation is 1. The van der Waals surface area contributed by atoms with E-state index in [1.165, 1.54) is 24.0 Å². The van der Waals surface area contributed by atoms with E-state index >= 15 is 0 Å². The Labute approximate surface area is 147 Å². The number of carbonyl (C=O) groups excluding carboxylic acids is 1. The molecule has 0 saturated carbocycles. The molecule has 0 heterocycles. The summed E-state index contributed by atoms with van der Waals surface area (Å²) in [4.78, 5) is 13.6. The number of nitrogens with one attached hydrogen (secondary N) is 1. The number of amides is 1. The topological polar surface area (TPSA) is 66.5 Å². The summed E-state index contributed by atoms with van der Waals surface area (Å²) in [5, 5.41) is 0.588. The van der Waals surface area contributed by atoms with Crippen LogP contribution >= 0.6 is 11.6 Å². The standard InChI is InChI=1S/C17H19ClN2O3S/c1-13-12-15(18)8-9-17(13)20(14(2)21)11-10-19-24(22,23)16-6-4-3-5-7-16/h3-9,12,19H,10-11H2,1-2H3. The van der Waals surface area contributed by atoms with E-state index in [0.717, 1.165) is 5.56 Å². The van der Waals surface area contributed by atoms with Crippen molar-refractivity contribution in [3.8, 4) is 0 Å². The molecule has 0 fully saturated rings. The van der Waals surface area contributed by atoms with Crippen LogP contribution in [0.1, 0.15) is 12.5 Å². The van der Waals surface area contributed by atoms with Crippen LogP contribution in [0.2, 0.25) is 5.02 Å². The maximum atomic E-state index is 12.2. The zero-order valence-electron chi connectivity index (χ0n) is 13.5. The Balaban J connectivity index is 2.09. The molecule has 2 aromatic carbocycles. The summed E-state index contributed by atoms with van der Waals surface area (Å²) in [5.74, 6) is -0.167. The van der Waals surface area contributed by atoms with E-state index in [2.05, 4.69) is 4.72 Å². The third-order valence-corrected chi connectivity index (χ3v) is 5.22. The minimum Gasteiger partial charge on any atom is -0.311 e. The first-order chi connectivity index (χ1) is 11.3. The van der Waals surface area contributed by atoms with Crippen molar-refractivity contribution in [2.45, 2.75) is 18.7 Å². The minimum absolute atomic E-state index is 0.110. The monoisotopic (exact) mass is 366 g/mol. The van der Waals surface area contributed by atoms with Gasteiger partial charge in [0.1, 0.15) is 0 Å². The lowest BCUT2D eigenvalue weighted by molar-refractivity contribution is -0.116. The first kappa shape index (κ1) is 18.4. The molecule has 0 aliphatic rings. The van der Waals surface area contributed by atoms with Crippen molar-refractivity contribution in [2.24, 2.45) is 0 Å². The predicted molar refractivity (Wildman–Crippen MR) is 95.8 cm³/mol. The van der Waals surface area contributed by atoms with Gasteiger partial charge in [-0.25, -0.2) is 13.1 Å².